The Balaban J connectivity index is 1.30. The molecular weight excluding hydrogens is 721 g/mol. The quantitative estimate of drug-likeness (QED) is 0.0449. The molecule has 1 unspecified atom stereocenters. The number of allylic oxidation sites excluding steroid dienone is 1. The molecule has 0 saturated heterocycles. The molecule has 1 fully saturated rings. The highest BCUT2D eigenvalue weighted by Gasteiger charge is 2.49. The maximum atomic E-state index is 14.3. The van der Waals surface area contributed by atoms with Crippen molar-refractivity contribution in [2.75, 3.05) is 0 Å². The van der Waals surface area contributed by atoms with Gasteiger partial charge in [0.2, 0.25) is 0 Å². The van der Waals surface area contributed by atoms with E-state index in [1.54, 1.807) is 0 Å². The molecule has 8 heteroatoms. The first kappa shape index (κ1) is 39.3. The van der Waals surface area contributed by atoms with Crippen LogP contribution in [0.5, 0.6) is 11.5 Å². The highest BCUT2D eigenvalue weighted by molar-refractivity contribution is 8.24. The van der Waals surface area contributed by atoms with E-state index in [1.807, 2.05) is 0 Å². The third-order valence-corrected chi connectivity index (χ3v) is 14.8. The molecule has 2 bridgehead atoms. The van der Waals surface area contributed by atoms with E-state index in [4.69, 9.17) is 9.47 Å². The summed E-state index contributed by atoms with van der Waals surface area (Å²) in [7, 11) is 0. The summed E-state index contributed by atoms with van der Waals surface area (Å²) in [4.78, 5) is 29.5. The molecule has 6 nitrogen and oxygen atoms in total. The third kappa shape index (κ3) is 8.01. The fourth-order valence-electron chi connectivity index (χ4n) is 9.31. The van der Waals surface area contributed by atoms with E-state index in [0.717, 1.165) is 78.3 Å². The molecular formula is C47H52N2O4S2. The summed E-state index contributed by atoms with van der Waals surface area (Å²) in [6, 6.07) is 21.0. The highest BCUT2D eigenvalue weighted by Crippen LogP contribution is 2.68. The van der Waals surface area contributed by atoms with Crippen LogP contribution in [-0.2, 0) is 9.59 Å². The molecule has 0 amide bonds. The van der Waals surface area contributed by atoms with Gasteiger partial charge in [-0.3, -0.25) is 9.59 Å². The van der Waals surface area contributed by atoms with Crippen LogP contribution in [0.15, 0.2) is 68.1 Å². The Morgan fingerprint density at radius 1 is 0.727 bits per heavy atom. The van der Waals surface area contributed by atoms with Crippen molar-refractivity contribution in [2.24, 2.45) is 17.8 Å². The smallest absolute Gasteiger partial charge is 0.314 e. The van der Waals surface area contributed by atoms with Crippen LogP contribution < -0.4 is 9.47 Å². The number of thioether (sulfide) groups is 2. The van der Waals surface area contributed by atoms with E-state index in [9.17, 15) is 20.1 Å². The molecule has 8 rings (SSSR count). The minimum atomic E-state index is -0.294. The van der Waals surface area contributed by atoms with Crippen molar-refractivity contribution in [3.05, 3.63) is 91.7 Å². The van der Waals surface area contributed by atoms with Gasteiger partial charge < -0.3 is 9.47 Å². The van der Waals surface area contributed by atoms with Crippen molar-refractivity contribution in [3.8, 4) is 23.6 Å². The lowest BCUT2D eigenvalue weighted by atomic mass is 9.60. The second kappa shape index (κ2) is 17.9. The molecule has 0 aromatic heterocycles. The van der Waals surface area contributed by atoms with Crippen molar-refractivity contribution in [3.63, 3.8) is 0 Å². The van der Waals surface area contributed by atoms with Gasteiger partial charge in [0.05, 0.1) is 19.9 Å². The molecule has 286 valence electrons. The van der Waals surface area contributed by atoms with Crippen molar-refractivity contribution in [1.82, 2.24) is 0 Å². The minimum absolute atomic E-state index is 0.00766. The standard InChI is InChI=1S/C47H52N2O4S2/c1-4-6-8-15-29(3)16-14-22-37(50)52-42-40-38-33-18-10-12-20-35(33)39(36-21-13-11-19-34(36)38)41(40)43(45-44(42)54-47(55-45)32(27-48)28-49)53-46(51)31-25-23-30(24-26-31)17-9-7-5-2/h10-13,18-21,29-31,38-39H,4-9,14-17,22-26H2,1-3H3. The third-order valence-electron chi connectivity index (χ3n) is 12.2. The molecule has 0 N–H and O–H groups in total. The number of carbonyl (C=O) groups is 2. The van der Waals surface area contributed by atoms with Gasteiger partial charge in [-0.15, -0.1) is 0 Å². The van der Waals surface area contributed by atoms with Crippen molar-refractivity contribution in [1.29, 1.82) is 10.5 Å². The van der Waals surface area contributed by atoms with Crippen molar-refractivity contribution < 1.29 is 19.1 Å². The summed E-state index contributed by atoms with van der Waals surface area (Å²) in [5, 5.41) is 20.0. The van der Waals surface area contributed by atoms with Gasteiger partial charge in [-0.2, -0.15) is 10.5 Å². The van der Waals surface area contributed by atoms with Gasteiger partial charge in [-0.25, -0.2) is 0 Å². The first-order chi connectivity index (χ1) is 26.9. The second-order valence-corrected chi connectivity index (χ2v) is 18.3. The summed E-state index contributed by atoms with van der Waals surface area (Å²) >= 11 is 2.56. The number of unbranched alkanes of at least 4 members (excludes halogenated alkanes) is 4. The zero-order valence-electron chi connectivity index (χ0n) is 32.5. The van der Waals surface area contributed by atoms with Crippen molar-refractivity contribution >= 4 is 35.5 Å². The second-order valence-electron chi connectivity index (χ2n) is 16.0. The Bertz CT molecular complexity index is 1990. The molecule has 4 aliphatic carbocycles. The Morgan fingerprint density at radius 2 is 1.24 bits per heavy atom. The zero-order valence-corrected chi connectivity index (χ0v) is 34.1. The maximum Gasteiger partial charge on any atom is 0.314 e. The number of hydrogen-bond acceptors (Lipinski definition) is 8. The zero-order chi connectivity index (χ0) is 38.5. The lowest BCUT2D eigenvalue weighted by Gasteiger charge is -2.43. The summed E-state index contributed by atoms with van der Waals surface area (Å²) < 4.78 is 13.7. The van der Waals surface area contributed by atoms with E-state index < -0.39 is 0 Å². The fourth-order valence-corrected chi connectivity index (χ4v) is 11.8. The molecule has 1 heterocycles. The Kier molecular flexibility index (Phi) is 12.8. The average molecular weight is 773 g/mol. The minimum Gasteiger partial charge on any atom is -0.425 e. The van der Waals surface area contributed by atoms with Crippen LogP contribution >= 0.6 is 23.5 Å². The van der Waals surface area contributed by atoms with E-state index in [2.05, 4.69) is 81.4 Å². The SMILES string of the molecule is CCCCCC(C)CCCC(=O)Oc1c2c(c(OC(=O)C3CCC(CCCCC)CC3)c3c1C1c4ccccc4C3c3ccccc31)SC(=C(C#N)C#N)S2. The van der Waals surface area contributed by atoms with Gasteiger partial charge in [0.25, 0.3) is 0 Å². The Morgan fingerprint density at radius 3 is 1.76 bits per heavy atom. The number of nitriles is 2. The van der Waals surface area contributed by atoms with Crippen molar-refractivity contribution in [2.45, 2.75) is 139 Å². The Labute approximate surface area is 335 Å². The molecule has 55 heavy (non-hydrogen) atoms. The number of benzene rings is 3. The van der Waals surface area contributed by atoms with Crippen LogP contribution in [0.2, 0.25) is 0 Å². The molecule has 3 aromatic rings. The summed E-state index contributed by atoms with van der Waals surface area (Å²) in [6.45, 7) is 6.71. The number of esters is 2. The number of hydrogen-bond donors (Lipinski definition) is 0. The molecule has 0 spiro atoms. The van der Waals surface area contributed by atoms with E-state index >= 15 is 0 Å². The lowest BCUT2D eigenvalue weighted by Crippen LogP contribution is -2.31. The Hall–Kier alpha value is -3.98. The van der Waals surface area contributed by atoms with E-state index in [1.165, 1.54) is 68.5 Å². The molecule has 3 aromatic carbocycles. The molecule has 1 aliphatic heterocycles. The van der Waals surface area contributed by atoms with Crippen LogP contribution in [0.25, 0.3) is 0 Å². The normalized spacial score (nSPS) is 20.6. The maximum absolute atomic E-state index is 14.3. The number of carbonyl (C=O) groups excluding carboxylic acids is 2. The summed E-state index contributed by atoms with van der Waals surface area (Å²) in [5.41, 5.74) is 6.31. The number of nitrogens with zero attached hydrogens (tertiary/aromatic N) is 2. The molecule has 5 aliphatic rings. The van der Waals surface area contributed by atoms with Crippen LogP contribution in [0, 0.1) is 40.4 Å². The molecule has 1 atom stereocenters. The summed E-state index contributed by atoms with van der Waals surface area (Å²) in [6.07, 6.45) is 15.4. The summed E-state index contributed by atoms with van der Waals surface area (Å²) in [5.74, 6) is 0.950. The van der Waals surface area contributed by atoms with Gasteiger partial charge in [-0.05, 0) is 66.2 Å². The number of rotatable bonds is 15. The lowest BCUT2D eigenvalue weighted by molar-refractivity contribution is -0.140. The predicted octanol–water partition coefficient (Wildman–Crippen LogP) is 12.7. The van der Waals surface area contributed by atoms with Crippen LogP contribution in [0.3, 0.4) is 0 Å². The van der Waals surface area contributed by atoms with Crippen LogP contribution in [-0.4, -0.2) is 11.9 Å². The van der Waals surface area contributed by atoms with Gasteiger partial charge in [-0.1, -0.05) is 151 Å². The van der Waals surface area contributed by atoms with Crippen LogP contribution in [0.1, 0.15) is 162 Å². The van der Waals surface area contributed by atoms with Gasteiger partial charge in [0.1, 0.15) is 17.7 Å². The number of fused-ring (bicyclic) bond motifs is 1. The van der Waals surface area contributed by atoms with E-state index in [0.29, 0.717) is 43.8 Å². The average Bonchev–Trinajstić information content (AvgIpc) is 3.65. The highest BCUT2D eigenvalue weighted by atomic mass is 32.2. The van der Waals surface area contributed by atoms with Crippen LogP contribution in [0.4, 0.5) is 0 Å². The monoisotopic (exact) mass is 772 g/mol. The topological polar surface area (TPSA) is 100 Å². The molecule has 0 radical (unpaired) electrons. The first-order valence-corrected chi connectivity index (χ1v) is 22.2. The van der Waals surface area contributed by atoms with Gasteiger partial charge in [0, 0.05) is 29.4 Å². The van der Waals surface area contributed by atoms with Gasteiger partial charge in [0.15, 0.2) is 11.5 Å². The fraction of sp³-hybridized carbons (Fsp3) is 0.489. The van der Waals surface area contributed by atoms with Gasteiger partial charge >= 0.3 is 11.9 Å². The largest absolute Gasteiger partial charge is 0.425 e. The predicted molar refractivity (Wildman–Crippen MR) is 219 cm³/mol. The molecule has 1 saturated carbocycles. The number of ether oxygens (including phenoxy) is 2. The van der Waals surface area contributed by atoms with E-state index in [-0.39, 0.29) is 35.3 Å². The first-order valence-electron chi connectivity index (χ1n) is 20.6.